The standard InChI is InChI=1S/C13H19N5O/c1-10-16-12(15-9-14)7-13(17-10)18(2)8-11-3-5-19-6-4-11/h7,11H,3-6,8H2,1-2H3,(H,15,16,17). The number of nitrogens with zero attached hydrogens (tertiary/aromatic N) is 4. The van der Waals surface area contributed by atoms with Crippen LogP contribution in [0.5, 0.6) is 0 Å². The number of hydrogen-bond donors (Lipinski definition) is 1. The van der Waals surface area contributed by atoms with Crippen LogP contribution in [0.2, 0.25) is 0 Å². The normalized spacial score (nSPS) is 15.8. The summed E-state index contributed by atoms with van der Waals surface area (Å²) in [7, 11) is 2.02. The lowest BCUT2D eigenvalue weighted by Crippen LogP contribution is -2.30. The molecule has 6 nitrogen and oxygen atoms in total. The SMILES string of the molecule is Cc1nc(NC#N)cc(N(C)CC2CCOCC2)n1. The lowest BCUT2D eigenvalue weighted by Gasteiger charge is -2.28. The molecular weight excluding hydrogens is 242 g/mol. The highest BCUT2D eigenvalue weighted by atomic mass is 16.5. The zero-order valence-electron chi connectivity index (χ0n) is 11.4. The van der Waals surface area contributed by atoms with Gasteiger partial charge in [0.25, 0.3) is 0 Å². The van der Waals surface area contributed by atoms with E-state index in [0.717, 1.165) is 38.4 Å². The Morgan fingerprint density at radius 1 is 1.47 bits per heavy atom. The quantitative estimate of drug-likeness (QED) is 0.654. The molecule has 0 amide bonds. The summed E-state index contributed by atoms with van der Waals surface area (Å²) in [5, 5.41) is 11.2. The van der Waals surface area contributed by atoms with Gasteiger partial charge in [-0.1, -0.05) is 0 Å². The summed E-state index contributed by atoms with van der Waals surface area (Å²) in [6.07, 6.45) is 4.07. The first kappa shape index (κ1) is 13.6. The van der Waals surface area contributed by atoms with Gasteiger partial charge < -0.3 is 9.64 Å². The Hall–Kier alpha value is -1.87. The van der Waals surface area contributed by atoms with Crippen molar-refractivity contribution < 1.29 is 4.74 Å². The molecule has 0 unspecified atom stereocenters. The van der Waals surface area contributed by atoms with E-state index in [1.54, 1.807) is 6.07 Å². The van der Waals surface area contributed by atoms with Gasteiger partial charge in [-0.25, -0.2) is 9.97 Å². The highest BCUT2D eigenvalue weighted by Crippen LogP contribution is 2.20. The van der Waals surface area contributed by atoms with E-state index in [0.29, 0.717) is 17.6 Å². The van der Waals surface area contributed by atoms with Crippen LogP contribution < -0.4 is 10.2 Å². The highest BCUT2D eigenvalue weighted by Gasteiger charge is 2.17. The van der Waals surface area contributed by atoms with E-state index in [1.165, 1.54) is 0 Å². The molecule has 0 radical (unpaired) electrons. The molecule has 1 saturated heterocycles. The number of hydrogen-bond acceptors (Lipinski definition) is 6. The fourth-order valence-corrected chi connectivity index (χ4v) is 2.28. The molecule has 1 aliphatic rings. The number of anilines is 2. The molecule has 0 atom stereocenters. The summed E-state index contributed by atoms with van der Waals surface area (Å²) < 4.78 is 5.37. The van der Waals surface area contributed by atoms with Crippen LogP contribution in [-0.4, -0.2) is 36.8 Å². The minimum atomic E-state index is 0.545. The van der Waals surface area contributed by atoms with Crippen molar-refractivity contribution in [1.29, 1.82) is 5.26 Å². The van der Waals surface area contributed by atoms with Gasteiger partial charge in [0, 0.05) is 32.9 Å². The molecular formula is C13H19N5O. The predicted octanol–water partition coefficient (Wildman–Crippen LogP) is 1.54. The van der Waals surface area contributed by atoms with Crippen molar-refractivity contribution in [2.24, 2.45) is 5.92 Å². The van der Waals surface area contributed by atoms with Crippen LogP contribution in [0.25, 0.3) is 0 Å². The summed E-state index contributed by atoms with van der Waals surface area (Å²) in [5.74, 6) is 2.69. The van der Waals surface area contributed by atoms with E-state index in [1.807, 2.05) is 20.2 Å². The van der Waals surface area contributed by atoms with E-state index in [4.69, 9.17) is 10.00 Å². The van der Waals surface area contributed by atoms with Gasteiger partial charge in [-0.15, -0.1) is 0 Å². The maximum absolute atomic E-state index is 8.65. The van der Waals surface area contributed by atoms with E-state index in [2.05, 4.69) is 20.2 Å². The molecule has 1 aromatic heterocycles. The number of nitriles is 1. The Kier molecular flexibility index (Phi) is 4.53. The van der Waals surface area contributed by atoms with Crippen molar-refractivity contribution in [3.8, 4) is 6.19 Å². The zero-order chi connectivity index (χ0) is 13.7. The Morgan fingerprint density at radius 3 is 2.89 bits per heavy atom. The molecule has 6 heteroatoms. The summed E-state index contributed by atoms with van der Waals surface area (Å²) in [6, 6.07) is 1.80. The summed E-state index contributed by atoms with van der Waals surface area (Å²) in [4.78, 5) is 10.7. The van der Waals surface area contributed by atoms with Crippen LogP contribution in [0.1, 0.15) is 18.7 Å². The van der Waals surface area contributed by atoms with Crippen LogP contribution in [-0.2, 0) is 4.74 Å². The second-order valence-electron chi connectivity index (χ2n) is 4.83. The van der Waals surface area contributed by atoms with Gasteiger partial charge in [0.05, 0.1) is 0 Å². The molecule has 1 N–H and O–H groups in total. The molecule has 2 rings (SSSR count). The third-order valence-corrected chi connectivity index (χ3v) is 3.27. The second-order valence-corrected chi connectivity index (χ2v) is 4.83. The first-order valence-corrected chi connectivity index (χ1v) is 6.48. The smallest absolute Gasteiger partial charge is 0.182 e. The molecule has 1 aliphatic heterocycles. The first-order valence-electron chi connectivity index (χ1n) is 6.48. The maximum Gasteiger partial charge on any atom is 0.182 e. The lowest BCUT2D eigenvalue weighted by atomic mass is 10.00. The van der Waals surface area contributed by atoms with Crippen LogP contribution >= 0.6 is 0 Å². The molecule has 0 spiro atoms. The van der Waals surface area contributed by atoms with Gasteiger partial charge >= 0.3 is 0 Å². The van der Waals surface area contributed by atoms with Crippen LogP contribution in [0.15, 0.2) is 6.07 Å². The molecule has 1 fully saturated rings. The number of ether oxygens (including phenoxy) is 1. The Labute approximate surface area is 113 Å². The topological polar surface area (TPSA) is 74.1 Å². The van der Waals surface area contributed by atoms with Crippen molar-refractivity contribution in [3.63, 3.8) is 0 Å². The van der Waals surface area contributed by atoms with E-state index >= 15 is 0 Å². The van der Waals surface area contributed by atoms with Gasteiger partial charge in [-0.2, -0.15) is 5.26 Å². The molecule has 1 aromatic rings. The Bertz CT molecular complexity index is 465. The summed E-state index contributed by atoms with van der Waals surface area (Å²) in [5.41, 5.74) is 0. The average molecular weight is 261 g/mol. The third kappa shape index (κ3) is 3.80. The van der Waals surface area contributed by atoms with E-state index < -0.39 is 0 Å². The van der Waals surface area contributed by atoms with Gasteiger partial charge in [0.1, 0.15) is 17.5 Å². The molecule has 0 aromatic carbocycles. The van der Waals surface area contributed by atoms with Crippen LogP contribution in [0.4, 0.5) is 11.6 Å². The fraction of sp³-hybridized carbons (Fsp3) is 0.615. The molecule has 102 valence electrons. The van der Waals surface area contributed by atoms with E-state index in [9.17, 15) is 0 Å². The number of aromatic nitrogens is 2. The summed E-state index contributed by atoms with van der Waals surface area (Å²) in [6.45, 7) is 4.48. The average Bonchev–Trinajstić information content (AvgIpc) is 2.39. The first-order chi connectivity index (χ1) is 9.19. The van der Waals surface area contributed by atoms with Crippen molar-refractivity contribution in [2.45, 2.75) is 19.8 Å². The van der Waals surface area contributed by atoms with Crippen molar-refractivity contribution in [3.05, 3.63) is 11.9 Å². The molecule has 2 heterocycles. The Balaban J connectivity index is 2.05. The van der Waals surface area contributed by atoms with Crippen molar-refractivity contribution in [2.75, 3.05) is 37.0 Å². The van der Waals surface area contributed by atoms with Gasteiger partial charge in [-0.3, -0.25) is 5.32 Å². The second kappa shape index (κ2) is 6.34. The van der Waals surface area contributed by atoms with Gasteiger partial charge in [-0.05, 0) is 25.7 Å². The van der Waals surface area contributed by atoms with Crippen LogP contribution in [0.3, 0.4) is 0 Å². The predicted molar refractivity (Wildman–Crippen MR) is 72.8 cm³/mol. The molecule has 0 aliphatic carbocycles. The fourth-order valence-electron chi connectivity index (χ4n) is 2.28. The summed E-state index contributed by atoms with van der Waals surface area (Å²) >= 11 is 0. The lowest BCUT2D eigenvalue weighted by molar-refractivity contribution is 0.0685. The van der Waals surface area contributed by atoms with Crippen molar-refractivity contribution >= 4 is 11.6 Å². The van der Waals surface area contributed by atoms with Crippen molar-refractivity contribution in [1.82, 2.24) is 9.97 Å². The maximum atomic E-state index is 8.65. The van der Waals surface area contributed by atoms with E-state index in [-0.39, 0.29) is 0 Å². The van der Waals surface area contributed by atoms with Crippen LogP contribution in [0, 0.1) is 24.3 Å². The van der Waals surface area contributed by atoms with Gasteiger partial charge in [0.15, 0.2) is 6.19 Å². The number of rotatable bonds is 4. The number of nitrogens with one attached hydrogen (secondary N) is 1. The highest BCUT2D eigenvalue weighted by molar-refractivity contribution is 5.50. The largest absolute Gasteiger partial charge is 0.381 e. The number of aryl methyl sites for hydroxylation is 1. The Morgan fingerprint density at radius 2 is 2.21 bits per heavy atom. The molecule has 0 bridgehead atoms. The zero-order valence-corrected chi connectivity index (χ0v) is 11.4. The minimum Gasteiger partial charge on any atom is -0.381 e. The molecule has 0 saturated carbocycles. The monoisotopic (exact) mass is 261 g/mol. The third-order valence-electron chi connectivity index (χ3n) is 3.27. The molecule has 19 heavy (non-hydrogen) atoms. The minimum absolute atomic E-state index is 0.545. The van der Waals surface area contributed by atoms with Gasteiger partial charge in [0.2, 0.25) is 0 Å².